The fourth-order valence-electron chi connectivity index (χ4n) is 3.26. The molecule has 0 saturated heterocycles. The van der Waals surface area contributed by atoms with Gasteiger partial charge in [0.05, 0.1) is 0 Å². The fraction of sp³-hybridized carbons (Fsp3) is 0.174. The Hall–Kier alpha value is -3.13. The Morgan fingerprint density at radius 1 is 1.13 bits per heavy atom. The van der Waals surface area contributed by atoms with Crippen LogP contribution in [0.4, 0.5) is 8.78 Å². The largest absolute Gasteiger partial charge is 0.487 e. The van der Waals surface area contributed by atoms with Crippen molar-refractivity contribution in [1.29, 1.82) is 0 Å². The molecule has 2 heterocycles. The minimum Gasteiger partial charge on any atom is -0.487 e. The summed E-state index contributed by atoms with van der Waals surface area (Å²) in [5.74, 6) is -0.583. The van der Waals surface area contributed by atoms with Gasteiger partial charge in [-0.1, -0.05) is 30.3 Å². The molecular formula is C23H18BrF2NO4. The zero-order chi connectivity index (χ0) is 21.8. The first kappa shape index (κ1) is 21.1. The van der Waals surface area contributed by atoms with E-state index in [0.717, 1.165) is 17.7 Å². The highest BCUT2D eigenvalue weighted by Crippen LogP contribution is 2.29. The monoisotopic (exact) mass is 489 g/mol. The molecule has 0 bridgehead atoms. The van der Waals surface area contributed by atoms with Crippen LogP contribution in [0.25, 0.3) is 0 Å². The molecule has 4 rings (SSSR count). The molecule has 1 unspecified atom stereocenters. The molecule has 0 spiro atoms. The predicted octanol–water partition coefficient (Wildman–Crippen LogP) is 5.10. The van der Waals surface area contributed by atoms with E-state index in [1.807, 2.05) is 30.3 Å². The molecule has 2 aromatic carbocycles. The molecule has 0 N–H and O–H groups in total. The van der Waals surface area contributed by atoms with Gasteiger partial charge in [0.25, 0.3) is 5.56 Å². The van der Waals surface area contributed by atoms with E-state index in [1.54, 1.807) is 12.3 Å². The summed E-state index contributed by atoms with van der Waals surface area (Å²) in [5.41, 5.74) is 0.870. The van der Waals surface area contributed by atoms with Crippen molar-refractivity contribution in [3.05, 3.63) is 110 Å². The van der Waals surface area contributed by atoms with Gasteiger partial charge in [-0.05, 0) is 39.7 Å². The lowest BCUT2D eigenvalue weighted by Gasteiger charge is -2.21. The van der Waals surface area contributed by atoms with Crippen LogP contribution < -0.4 is 10.3 Å². The number of hydrogen-bond donors (Lipinski definition) is 0. The van der Waals surface area contributed by atoms with Gasteiger partial charge in [-0.25, -0.2) is 8.78 Å². The Bertz CT molecular complexity index is 1160. The van der Waals surface area contributed by atoms with Crippen LogP contribution in [0.15, 0.2) is 82.1 Å². The van der Waals surface area contributed by atoms with Crippen LogP contribution in [0.1, 0.15) is 17.2 Å². The van der Waals surface area contributed by atoms with Crippen LogP contribution in [0, 0.1) is 11.6 Å². The fourth-order valence-corrected chi connectivity index (χ4v) is 3.71. The maximum atomic E-state index is 13.9. The molecule has 0 saturated carbocycles. The third kappa shape index (κ3) is 4.80. The molecule has 1 aliphatic heterocycles. The van der Waals surface area contributed by atoms with Gasteiger partial charge in [0, 0.05) is 24.2 Å². The number of ether oxygens (including phenoxy) is 3. The van der Waals surface area contributed by atoms with Crippen LogP contribution in [0.2, 0.25) is 0 Å². The molecule has 1 aromatic heterocycles. The van der Waals surface area contributed by atoms with E-state index in [-0.39, 0.29) is 34.7 Å². The van der Waals surface area contributed by atoms with E-state index in [1.165, 1.54) is 16.9 Å². The van der Waals surface area contributed by atoms with E-state index in [2.05, 4.69) is 15.9 Å². The molecule has 160 valence electrons. The molecule has 0 amide bonds. The molecule has 31 heavy (non-hydrogen) atoms. The topological polar surface area (TPSA) is 49.7 Å². The second kappa shape index (κ2) is 9.34. The zero-order valence-corrected chi connectivity index (χ0v) is 17.8. The van der Waals surface area contributed by atoms with Crippen LogP contribution in [-0.2, 0) is 22.5 Å². The lowest BCUT2D eigenvalue weighted by molar-refractivity contribution is 0.0709. The summed E-state index contributed by atoms with van der Waals surface area (Å²) >= 11 is 3.29. The van der Waals surface area contributed by atoms with Crippen LogP contribution in [-0.4, -0.2) is 11.4 Å². The third-order valence-electron chi connectivity index (χ3n) is 4.85. The molecule has 1 aliphatic rings. The van der Waals surface area contributed by atoms with Crippen LogP contribution >= 0.6 is 15.9 Å². The van der Waals surface area contributed by atoms with Gasteiger partial charge >= 0.3 is 0 Å². The van der Waals surface area contributed by atoms with Crippen molar-refractivity contribution in [3.63, 3.8) is 0 Å². The lowest BCUT2D eigenvalue weighted by atomic mass is 10.0. The molecule has 0 fully saturated rings. The first-order valence-corrected chi connectivity index (χ1v) is 10.3. The average molecular weight is 490 g/mol. The number of benzene rings is 2. The van der Waals surface area contributed by atoms with Crippen molar-refractivity contribution in [1.82, 2.24) is 4.57 Å². The van der Waals surface area contributed by atoms with Crippen molar-refractivity contribution < 1.29 is 23.0 Å². The van der Waals surface area contributed by atoms with Gasteiger partial charge < -0.3 is 18.8 Å². The molecule has 0 radical (unpaired) electrons. The first-order chi connectivity index (χ1) is 15.0. The second-order valence-electron chi connectivity index (χ2n) is 6.89. The predicted molar refractivity (Wildman–Crippen MR) is 113 cm³/mol. The van der Waals surface area contributed by atoms with Crippen molar-refractivity contribution in [3.8, 4) is 5.75 Å². The number of rotatable bonds is 7. The number of aromatic nitrogens is 1. The number of halogens is 3. The summed E-state index contributed by atoms with van der Waals surface area (Å²) in [6.45, 7) is -0.0509. The quantitative estimate of drug-likeness (QED) is 0.463. The van der Waals surface area contributed by atoms with Gasteiger partial charge in [0.1, 0.15) is 40.8 Å². The molecule has 8 heteroatoms. The van der Waals surface area contributed by atoms with Gasteiger partial charge in [-0.2, -0.15) is 0 Å². The van der Waals surface area contributed by atoms with Gasteiger partial charge in [0.2, 0.25) is 6.79 Å². The number of hydrogen-bond acceptors (Lipinski definition) is 4. The molecular weight excluding hydrogens is 472 g/mol. The van der Waals surface area contributed by atoms with Crippen LogP contribution in [0.5, 0.6) is 5.75 Å². The van der Waals surface area contributed by atoms with E-state index in [9.17, 15) is 13.6 Å². The molecule has 0 aliphatic carbocycles. The SMILES string of the molecule is O=c1c(Br)c(OCc2ccc(F)cc2F)ccn1C(Cc1ccccc1)C1=COCO1. The van der Waals surface area contributed by atoms with E-state index < -0.39 is 17.7 Å². The summed E-state index contributed by atoms with van der Waals surface area (Å²) in [7, 11) is 0. The first-order valence-electron chi connectivity index (χ1n) is 9.48. The number of allylic oxidation sites excluding steroid dienone is 1. The Balaban J connectivity index is 1.60. The van der Waals surface area contributed by atoms with Crippen molar-refractivity contribution in [2.24, 2.45) is 0 Å². The minimum atomic E-state index is -0.710. The van der Waals surface area contributed by atoms with Gasteiger partial charge in [0.15, 0.2) is 5.76 Å². The minimum absolute atomic E-state index is 0.0982. The molecule has 3 aromatic rings. The molecule has 1 atom stereocenters. The Labute approximate surface area is 185 Å². The maximum Gasteiger partial charge on any atom is 0.269 e. The van der Waals surface area contributed by atoms with E-state index >= 15 is 0 Å². The van der Waals surface area contributed by atoms with E-state index in [4.69, 9.17) is 14.2 Å². The number of nitrogens with zero attached hydrogens (tertiary/aromatic N) is 1. The standard InChI is InChI=1S/C23H18BrF2NO4/c24-22-20(30-12-16-6-7-17(25)11-18(16)26)8-9-27(23(22)28)19(21-13-29-14-31-21)10-15-4-2-1-3-5-15/h1-9,11,13,19H,10,12,14H2. The zero-order valence-electron chi connectivity index (χ0n) is 16.3. The van der Waals surface area contributed by atoms with E-state index in [0.29, 0.717) is 12.2 Å². The lowest BCUT2D eigenvalue weighted by Crippen LogP contribution is -2.28. The Kier molecular flexibility index (Phi) is 6.36. The van der Waals surface area contributed by atoms with Gasteiger partial charge in [-0.3, -0.25) is 4.79 Å². The van der Waals surface area contributed by atoms with Crippen molar-refractivity contribution in [2.75, 3.05) is 6.79 Å². The highest BCUT2D eigenvalue weighted by atomic mass is 79.9. The normalized spacial score (nSPS) is 13.8. The highest BCUT2D eigenvalue weighted by Gasteiger charge is 2.25. The van der Waals surface area contributed by atoms with Crippen molar-refractivity contribution in [2.45, 2.75) is 19.1 Å². The van der Waals surface area contributed by atoms with Crippen molar-refractivity contribution >= 4 is 15.9 Å². The second-order valence-corrected chi connectivity index (χ2v) is 7.68. The maximum absolute atomic E-state index is 13.9. The Morgan fingerprint density at radius 2 is 1.94 bits per heavy atom. The molecule has 5 nitrogen and oxygen atoms in total. The highest BCUT2D eigenvalue weighted by molar-refractivity contribution is 9.10. The van der Waals surface area contributed by atoms with Crippen LogP contribution in [0.3, 0.4) is 0 Å². The Morgan fingerprint density at radius 3 is 2.65 bits per heavy atom. The smallest absolute Gasteiger partial charge is 0.269 e. The summed E-state index contributed by atoms with van der Waals surface area (Å²) in [5, 5.41) is 0. The summed E-state index contributed by atoms with van der Waals surface area (Å²) < 4.78 is 45.0. The average Bonchev–Trinajstić information content (AvgIpc) is 3.30. The third-order valence-corrected chi connectivity index (χ3v) is 5.58. The van der Waals surface area contributed by atoms with Gasteiger partial charge in [-0.15, -0.1) is 0 Å². The number of pyridine rings is 1. The summed E-state index contributed by atoms with van der Waals surface area (Å²) in [6, 6.07) is 14.2. The summed E-state index contributed by atoms with van der Waals surface area (Å²) in [4.78, 5) is 13.1. The summed E-state index contributed by atoms with van der Waals surface area (Å²) in [6.07, 6.45) is 3.62.